The van der Waals surface area contributed by atoms with Crippen LogP contribution in [0.1, 0.15) is 12.8 Å². The Bertz CT molecular complexity index is 251. The van der Waals surface area contributed by atoms with Crippen LogP contribution < -0.4 is 10.6 Å². The van der Waals surface area contributed by atoms with Gasteiger partial charge in [0.15, 0.2) is 0 Å². The molecule has 3 N–H and O–H groups in total. The summed E-state index contributed by atoms with van der Waals surface area (Å²) >= 11 is 0. The lowest BCUT2D eigenvalue weighted by Crippen LogP contribution is -2.51. The van der Waals surface area contributed by atoms with Crippen molar-refractivity contribution in [2.75, 3.05) is 6.54 Å². The van der Waals surface area contributed by atoms with Crippen molar-refractivity contribution in [2.45, 2.75) is 24.4 Å². The number of hydrogen-bond acceptors (Lipinski definition) is 3. The molecule has 5 nitrogen and oxygen atoms in total. The molecule has 0 aromatic heterocycles. The Morgan fingerprint density at radius 2 is 2.42 bits per heavy atom. The van der Waals surface area contributed by atoms with Crippen LogP contribution in [-0.4, -0.2) is 35.1 Å². The van der Waals surface area contributed by atoms with Crippen molar-refractivity contribution in [3.8, 4) is 0 Å². The Balaban J connectivity index is 2.29. The zero-order valence-corrected chi connectivity index (χ0v) is 6.46. The van der Waals surface area contributed by atoms with Gasteiger partial charge in [0.1, 0.15) is 5.54 Å². The number of carboxylic acids is 1. The fourth-order valence-electron chi connectivity index (χ4n) is 1.85. The Labute approximate surface area is 69.1 Å². The van der Waals surface area contributed by atoms with Gasteiger partial charge < -0.3 is 15.7 Å². The van der Waals surface area contributed by atoms with Gasteiger partial charge in [-0.15, -0.1) is 0 Å². The molecule has 2 heterocycles. The molecule has 2 bridgehead atoms. The standard InChI is InChI=1S/C7H10N2O3/c10-5-4-3-7(9-5,6(11)12)1-2-8-4/h4,8H,1-3H2,(H,9,10)(H,11,12). The predicted molar refractivity (Wildman–Crippen MR) is 39.5 cm³/mol. The predicted octanol–water partition coefficient (Wildman–Crippen LogP) is -1.31. The lowest BCUT2D eigenvalue weighted by atomic mass is 9.89. The molecule has 1 amide bonds. The molecule has 2 rings (SSSR count). The molecule has 0 aromatic rings. The molecule has 12 heavy (non-hydrogen) atoms. The van der Waals surface area contributed by atoms with Crippen LogP contribution >= 0.6 is 0 Å². The summed E-state index contributed by atoms with van der Waals surface area (Å²) in [6.45, 7) is 0.593. The molecule has 0 saturated carbocycles. The van der Waals surface area contributed by atoms with Crippen molar-refractivity contribution < 1.29 is 14.7 Å². The molecule has 5 heteroatoms. The second kappa shape index (κ2) is 2.20. The molecule has 0 aromatic carbocycles. The van der Waals surface area contributed by atoms with Crippen LogP contribution in [-0.2, 0) is 9.59 Å². The van der Waals surface area contributed by atoms with Gasteiger partial charge >= 0.3 is 5.97 Å². The second-order valence-electron chi connectivity index (χ2n) is 3.34. The quantitative estimate of drug-likeness (QED) is 0.456. The van der Waals surface area contributed by atoms with E-state index in [1.807, 2.05) is 0 Å². The number of nitrogens with one attached hydrogen (secondary N) is 2. The molecule has 2 aliphatic rings. The average molecular weight is 170 g/mol. The average Bonchev–Trinajstić information content (AvgIpc) is 2.25. The van der Waals surface area contributed by atoms with Gasteiger partial charge in [-0.05, 0) is 13.0 Å². The Morgan fingerprint density at radius 1 is 1.67 bits per heavy atom. The Morgan fingerprint density at radius 3 is 3.00 bits per heavy atom. The first-order valence-corrected chi connectivity index (χ1v) is 3.93. The van der Waals surface area contributed by atoms with Crippen LogP contribution in [0, 0.1) is 0 Å². The number of fused-ring (bicyclic) bond motifs is 2. The van der Waals surface area contributed by atoms with Crippen molar-refractivity contribution in [3.05, 3.63) is 0 Å². The van der Waals surface area contributed by atoms with Gasteiger partial charge in [0.05, 0.1) is 6.04 Å². The molecule has 0 radical (unpaired) electrons. The molecule has 0 spiro atoms. The molecule has 0 aliphatic carbocycles. The van der Waals surface area contributed by atoms with Crippen LogP contribution in [0.25, 0.3) is 0 Å². The van der Waals surface area contributed by atoms with Gasteiger partial charge in [0, 0.05) is 6.42 Å². The Kier molecular flexibility index (Phi) is 1.38. The highest BCUT2D eigenvalue weighted by Crippen LogP contribution is 2.27. The van der Waals surface area contributed by atoms with E-state index in [9.17, 15) is 9.59 Å². The summed E-state index contributed by atoms with van der Waals surface area (Å²) in [7, 11) is 0. The van der Waals surface area contributed by atoms with Crippen LogP contribution in [0.2, 0.25) is 0 Å². The smallest absolute Gasteiger partial charge is 0.329 e. The fourth-order valence-corrected chi connectivity index (χ4v) is 1.85. The van der Waals surface area contributed by atoms with E-state index < -0.39 is 11.5 Å². The third-order valence-corrected chi connectivity index (χ3v) is 2.58. The first kappa shape index (κ1) is 7.54. The highest BCUT2D eigenvalue weighted by Gasteiger charge is 2.51. The van der Waals surface area contributed by atoms with Gasteiger partial charge in [-0.2, -0.15) is 0 Å². The van der Waals surface area contributed by atoms with E-state index in [0.29, 0.717) is 19.4 Å². The lowest BCUT2D eigenvalue weighted by molar-refractivity contribution is -0.145. The lowest BCUT2D eigenvalue weighted by Gasteiger charge is -2.27. The number of rotatable bonds is 1. The minimum atomic E-state index is -0.979. The molecule has 2 atom stereocenters. The topological polar surface area (TPSA) is 78.4 Å². The van der Waals surface area contributed by atoms with Crippen LogP contribution in [0.5, 0.6) is 0 Å². The molecule has 2 saturated heterocycles. The molecule has 2 unspecified atom stereocenters. The number of amides is 1. The van der Waals surface area contributed by atoms with Gasteiger partial charge in [0.2, 0.25) is 5.91 Å². The zero-order chi connectivity index (χ0) is 8.77. The number of aliphatic carboxylic acids is 1. The van der Waals surface area contributed by atoms with Gasteiger partial charge in [0.25, 0.3) is 0 Å². The van der Waals surface area contributed by atoms with Crippen LogP contribution in [0.3, 0.4) is 0 Å². The summed E-state index contributed by atoms with van der Waals surface area (Å²) in [5, 5.41) is 14.4. The number of piperidine rings is 1. The fraction of sp³-hybridized carbons (Fsp3) is 0.714. The number of carbonyl (C=O) groups excluding carboxylic acids is 1. The van der Waals surface area contributed by atoms with Crippen LogP contribution in [0.15, 0.2) is 0 Å². The maximum Gasteiger partial charge on any atom is 0.329 e. The number of hydrogen-bond donors (Lipinski definition) is 3. The number of carboxylic acid groups (broad SMARTS) is 1. The van der Waals surface area contributed by atoms with E-state index in [0.717, 1.165) is 0 Å². The summed E-state index contributed by atoms with van der Waals surface area (Å²) in [6, 6.07) is -0.296. The molecule has 2 fully saturated rings. The van der Waals surface area contributed by atoms with Crippen molar-refractivity contribution in [3.63, 3.8) is 0 Å². The highest BCUT2D eigenvalue weighted by molar-refractivity contribution is 5.94. The maximum atomic E-state index is 11.1. The Hall–Kier alpha value is -1.10. The summed E-state index contributed by atoms with van der Waals surface area (Å²) in [4.78, 5) is 22.0. The summed E-state index contributed by atoms with van der Waals surface area (Å²) in [5.74, 6) is -1.10. The van der Waals surface area contributed by atoms with E-state index in [2.05, 4.69) is 10.6 Å². The molecular weight excluding hydrogens is 160 g/mol. The minimum absolute atomic E-state index is 0.185. The normalized spacial score (nSPS) is 39.3. The first-order valence-electron chi connectivity index (χ1n) is 3.93. The van der Waals surface area contributed by atoms with Gasteiger partial charge in [-0.25, -0.2) is 4.79 Å². The highest BCUT2D eigenvalue weighted by atomic mass is 16.4. The molecular formula is C7H10N2O3. The van der Waals surface area contributed by atoms with Crippen molar-refractivity contribution >= 4 is 11.9 Å². The zero-order valence-electron chi connectivity index (χ0n) is 6.46. The maximum absolute atomic E-state index is 11.1. The largest absolute Gasteiger partial charge is 0.480 e. The van der Waals surface area contributed by atoms with E-state index in [1.54, 1.807) is 0 Å². The summed E-state index contributed by atoms with van der Waals surface area (Å²) < 4.78 is 0. The number of carbonyl (C=O) groups is 2. The third-order valence-electron chi connectivity index (χ3n) is 2.58. The van der Waals surface area contributed by atoms with Gasteiger partial charge in [-0.3, -0.25) is 4.79 Å². The molecule has 66 valence electrons. The second-order valence-corrected chi connectivity index (χ2v) is 3.34. The molecule has 2 aliphatic heterocycles. The minimum Gasteiger partial charge on any atom is -0.480 e. The SMILES string of the molecule is O=C1NC2(C(=O)O)CCNC1C2. The van der Waals surface area contributed by atoms with Crippen molar-refractivity contribution in [1.29, 1.82) is 0 Å². The summed E-state index contributed by atoms with van der Waals surface area (Å²) in [5.41, 5.74) is -0.979. The van der Waals surface area contributed by atoms with E-state index in [-0.39, 0.29) is 11.9 Å². The third kappa shape index (κ3) is 0.828. The van der Waals surface area contributed by atoms with Crippen molar-refractivity contribution in [2.24, 2.45) is 0 Å². The first-order chi connectivity index (χ1) is 5.64. The van der Waals surface area contributed by atoms with Gasteiger partial charge in [-0.1, -0.05) is 0 Å². The van der Waals surface area contributed by atoms with Crippen LogP contribution in [0.4, 0.5) is 0 Å². The van der Waals surface area contributed by atoms with E-state index in [1.165, 1.54) is 0 Å². The summed E-state index contributed by atoms with van der Waals surface area (Å²) in [6.07, 6.45) is 0.853. The van der Waals surface area contributed by atoms with Crippen molar-refractivity contribution in [1.82, 2.24) is 10.6 Å². The van der Waals surface area contributed by atoms with E-state index >= 15 is 0 Å². The monoisotopic (exact) mass is 170 g/mol. The van der Waals surface area contributed by atoms with E-state index in [4.69, 9.17) is 5.11 Å².